The Labute approximate surface area is 156 Å². The van der Waals surface area contributed by atoms with Crippen molar-refractivity contribution in [2.75, 3.05) is 18.8 Å². The minimum atomic E-state index is -0.877. The molecule has 2 aromatic carbocycles. The van der Waals surface area contributed by atoms with Gasteiger partial charge in [-0.05, 0) is 60.6 Å². The van der Waals surface area contributed by atoms with Gasteiger partial charge in [-0.1, -0.05) is 18.2 Å². The van der Waals surface area contributed by atoms with E-state index in [2.05, 4.69) is 16.0 Å². The van der Waals surface area contributed by atoms with E-state index in [1.165, 1.54) is 6.07 Å². The lowest BCUT2D eigenvalue weighted by molar-refractivity contribution is 0.206. The van der Waals surface area contributed by atoms with E-state index in [-0.39, 0.29) is 0 Å². The molecule has 140 valence electrons. The number of halogens is 2. The van der Waals surface area contributed by atoms with Gasteiger partial charge in [-0.3, -0.25) is 4.90 Å². The zero-order chi connectivity index (χ0) is 19.0. The third kappa shape index (κ3) is 3.63. The highest BCUT2D eigenvalue weighted by Crippen LogP contribution is 2.32. The Kier molecular flexibility index (Phi) is 4.76. The molecule has 3 aromatic rings. The van der Waals surface area contributed by atoms with Gasteiger partial charge in [-0.25, -0.2) is 13.8 Å². The number of hydrogen-bond donors (Lipinski definition) is 2. The highest BCUT2D eigenvalue weighted by molar-refractivity contribution is 6.01. The first-order valence-electron chi connectivity index (χ1n) is 9.12. The summed E-state index contributed by atoms with van der Waals surface area (Å²) in [6, 6.07) is 10.2. The fraction of sp³-hybridized carbons (Fsp3) is 0.286. The van der Waals surface area contributed by atoms with Crippen molar-refractivity contribution in [3.8, 4) is 11.1 Å². The third-order valence-corrected chi connectivity index (χ3v) is 5.25. The van der Waals surface area contributed by atoms with E-state index in [4.69, 9.17) is 11.5 Å². The summed E-state index contributed by atoms with van der Waals surface area (Å²) in [6.45, 7) is 2.78. The minimum absolute atomic E-state index is 0.295. The molecule has 6 heteroatoms. The summed E-state index contributed by atoms with van der Waals surface area (Å²) in [5, 5.41) is 1.70. The van der Waals surface area contributed by atoms with Crippen LogP contribution in [0.1, 0.15) is 18.4 Å². The number of piperidine rings is 1. The fourth-order valence-corrected chi connectivity index (χ4v) is 3.67. The number of aromatic nitrogens is 1. The first-order chi connectivity index (χ1) is 13.0. The van der Waals surface area contributed by atoms with Gasteiger partial charge in [0, 0.05) is 29.7 Å². The van der Waals surface area contributed by atoms with Crippen molar-refractivity contribution in [1.29, 1.82) is 0 Å². The monoisotopic (exact) mass is 368 g/mol. The van der Waals surface area contributed by atoms with Gasteiger partial charge in [0.05, 0.1) is 0 Å². The van der Waals surface area contributed by atoms with Crippen LogP contribution in [0.3, 0.4) is 0 Å². The lowest BCUT2D eigenvalue weighted by Gasteiger charge is -2.30. The Morgan fingerprint density at radius 3 is 2.52 bits per heavy atom. The molecule has 27 heavy (non-hydrogen) atoms. The SMILES string of the molecule is Nc1ncc(-c2ccc(F)c(F)c2)c2cc(CN3CCC(N)CC3)ccc12. The Balaban J connectivity index is 1.73. The van der Waals surface area contributed by atoms with E-state index in [1.54, 1.807) is 12.3 Å². The van der Waals surface area contributed by atoms with Crippen molar-refractivity contribution in [2.45, 2.75) is 25.4 Å². The maximum Gasteiger partial charge on any atom is 0.159 e. The molecule has 4 nitrogen and oxygen atoms in total. The second-order valence-electron chi connectivity index (χ2n) is 7.18. The second-order valence-corrected chi connectivity index (χ2v) is 7.18. The number of nitrogens with zero attached hydrogens (tertiary/aromatic N) is 2. The number of fused-ring (bicyclic) bond motifs is 1. The van der Waals surface area contributed by atoms with Gasteiger partial charge in [0.2, 0.25) is 0 Å². The van der Waals surface area contributed by atoms with Gasteiger partial charge in [0.15, 0.2) is 11.6 Å². The molecule has 0 bridgehead atoms. The number of nitrogens with two attached hydrogens (primary N) is 2. The molecule has 0 radical (unpaired) electrons. The summed E-state index contributed by atoms with van der Waals surface area (Å²) in [6.07, 6.45) is 3.63. The quantitative estimate of drug-likeness (QED) is 0.740. The van der Waals surface area contributed by atoms with Crippen LogP contribution in [0.4, 0.5) is 14.6 Å². The van der Waals surface area contributed by atoms with Crippen LogP contribution in [-0.2, 0) is 6.54 Å². The van der Waals surface area contributed by atoms with Gasteiger partial charge in [-0.15, -0.1) is 0 Å². The van der Waals surface area contributed by atoms with E-state index < -0.39 is 11.6 Å². The number of nitrogen functional groups attached to an aromatic ring is 1. The van der Waals surface area contributed by atoms with Crippen molar-refractivity contribution < 1.29 is 8.78 Å². The topological polar surface area (TPSA) is 68.2 Å². The maximum absolute atomic E-state index is 13.7. The standard InChI is InChI=1S/C21H22F2N4/c22-19-4-2-14(10-20(19)23)18-11-26-21(25)16-3-1-13(9-17(16)18)12-27-7-5-15(24)6-8-27/h1-4,9-11,15H,5-8,12,24H2,(H2,25,26). The molecule has 1 fully saturated rings. The van der Waals surface area contributed by atoms with Gasteiger partial charge in [0.25, 0.3) is 0 Å². The van der Waals surface area contributed by atoms with Crippen LogP contribution in [0.15, 0.2) is 42.6 Å². The minimum Gasteiger partial charge on any atom is -0.383 e. The second kappa shape index (κ2) is 7.21. The smallest absolute Gasteiger partial charge is 0.159 e. The van der Waals surface area contributed by atoms with Gasteiger partial charge in [0.1, 0.15) is 5.82 Å². The van der Waals surface area contributed by atoms with Gasteiger partial charge in [-0.2, -0.15) is 0 Å². The molecule has 1 saturated heterocycles. The first kappa shape index (κ1) is 17.8. The third-order valence-electron chi connectivity index (χ3n) is 5.25. The Hall–Kier alpha value is -2.57. The fourth-order valence-electron chi connectivity index (χ4n) is 3.67. The van der Waals surface area contributed by atoms with Crippen molar-refractivity contribution in [3.63, 3.8) is 0 Å². The maximum atomic E-state index is 13.7. The predicted octanol–water partition coefficient (Wildman–Crippen LogP) is 3.69. The van der Waals surface area contributed by atoms with Gasteiger partial charge >= 0.3 is 0 Å². The predicted molar refractivity (Wildman–Crippen MR) is 104 cm³/mol. The van der Waals surface area contributed by atoms with E-state index in [0.717, 1.165) is 60.4 Å². The van der Waals surface area contributed by atoms with Crippen molar-refractivity contribution in [2.24, 2.45) is 5.73 Å². The van der Waals surface area contributed by atoms with Crippen LogP contribution >= 0.6 is 0 Å². The summed E-state index contributed by atoms with van der Waals surface area (Å²) in [5.74, 6) is -1.32. The molecule has 4 rings (SSSR count). The average Bonchev–Trinajstić information content (AvgIpc) is 2.66. The molecule has 0 unspecified atom stereocenters. The number of pyridine rings is 1. The number of benzene rings is 2. The molecule has 0 saturated carbocycles. The molecule has 4 N–H and O–H groups in total. The summed E-state index contributed by atoms with van der Waals surface area (Å²) in [7, 11) is 0. The highest BCUT2D eigenvalue weighted by atomic mass is 19.2. The zero-order valence-corrected chi connectivity index (χ0v) is 15.0. The largest absolute Gasteiger partial charge is 0.383 e. The van der Waals surface area contributed by atoms with Crippen LogP contribution in [0.25, 0.3) is 21.9 Å². The zero-order valence-electron chi connectivity index (χ0n) is 15.0. The molecule has 0 atom stereocenters. The summed E-state index contributed by atoms with van der Waals surface area (Å²) < 4.78 is 27.0. The molecule has 1 aromatic heterocycles. The van der Waals surface area contributed by atoms with E-state index in [0.29, 0.717) is 17.4 Å². The Bertz CT molecular complexity index is 981. The van der Waals surface area contributed by atoms with E-state index >= 15 is 0 Å². The van der Waals surface area contributed by atoms with Crippen LogP contribution < -0.4 is 11.5 Å². The molecule has 0 spiro atoms. The molecule has 1 aliphatic heterocycles. The molecule has 1 aliphatic rings. The number of hydrogen-bond acceptors (Lipinski definition) is 4. The Morgan fingerprint density at radius 2 is 1.78 bits per heavy atom. The number of anilines is 1. The lowest BCUT2D eigenvalue weighted by Crippen LogP contribution is -2.39. The Morgan fingerprint density at radius 1 is 1.00 bits per heavy atom. The lowest BCUT2D eigenvalue weighted by atomic mass is 9.98. The summed E-state index contributed by atoms with van der Waals surface area (Å²) >= 11 is 0. The first-order valence-corrected chi connectivity index (χ1v) is 9.12. The molecular weight excluding hydrogens is 346 g/mol. The van der Waals surface area contributed by atoms with Crippen LogP contribution in [-0.4, -0.2) is 29.0 Å². The molecule has 0 aliphatic carbocycles. The van der Waals surface area contributed by atoms with Gasteiger partial charge < -0.3 is 11.5 Å². The van der Waals surface area contributed by atoms with Crippen LogP contribution in [0.2, 0.25) is 0 Å². The number of rotatable bonds is 3. The van der Waals surface area contributed by atoms with Crippen molar-refractivity contribution in [1.82, 2.24) is 9.88 Å². The molecule has 0 amide bonds. The average molecular weight is 368 g/mol. The summed E-state index contributed by atoms with van der Waals surface area (Å²) in [4.78, 5) is 6.61. The van der Waals surface area contributed by atoms with Crippen LogP contribution in [0.5, 0.6) is 0 Å². The van der Waals surface area contributed by atoms with E-state index in [9.17, 15) is 8.78 Å². The highest BCUT2D eigenvalue weighted by Gasteiger charge is 2.17. The molecular formula is C21H22F2N4. The number of likely N-dealkylation sites (tertiary alicyclic amines) is 1. The van der Waals surface area contributed by atoms with E-state index in [1.807, 2.05) is 12.1 Å². The molecule has 2 heterocycles. The normalized spacial score (nSPS) is 16.1. The van der Waals surface area contributed by atoms with Crippen LogP contribution in [0, 0.1) is 11.6 Å². The van der Waals surface area contributed by atoms with Crippen molar-refractivity contribution >= 4 is 16.6 Å². The van der Waals surface area contributed by atoms with Crippen molar-refractivity contribution in [3.05, 3.63) is 59.8 Å². The summed E-state index contributed by atoms with van der Waals surface area (Å²) in [5.41, 5.74) is 14.5.